The predicted molar refractivity (Wildman–Crippen MR) is 44.9 cm³/mol. The molecule has 0 atom stereocenters. The van der Waals surface area contributed by atoms with E-state index in [-0.39, 0.29) is 0 Å². The fourth-order valence-electron chi connectivity index (χ4n) is 0.959. The zero-order valence-electron chi connectivity index (χ0n) is 7.03. The Kier molecular flexibility index (Phi) is 2.90. The minimum Gasteiger partial charge on any atom is -0.366 e. The van der Waals surface area contributed by atoms with Crippen molar-refractivity contribution >= 4 is 17.5 Å². The maximum atomic E-state index is 13.1. The minimum atomic E-state index is -4.86. The Bertz CT molecular complexity index is 416. The van der Waals surface area contributed by atoms with Crippen molar-refractivity contribution in [2.24, 2.45) is 5.73 Å². The summed E-state index contributed by atoms with van der Waals surface area (Å²) >= 11 is 5.22. The quantitative estimate of drug-likeness (QED) is 0.755. The van der Waals surface area contributed by atoms with Crippen LogP contribution in [0.4, 0.5) is 17.6 Å². The molecule has 82 valence electrons. The topological polar surface area (TPSA) is 43.1 Å². The number of alkyl halides is 3. The molecule has 0 radical (unpaired) electrons. The Hall–Kier alpha value is -1.30. The molecule has 0 aliphatic rings. The molecule has 15 heavy (non-hydrogen) atoms. The van der Waals surface area contributed by atoms with E-state index in [9.17, 15) is 22.4 Å². The van der Waals surface area contributed by atoms with Crippen LogP contribution in [-0.4, -0.2) is 5.91 Å². The fraction of sp³-hybridized carbons (Fsp3) is 0.125. The zero-order valence-corrected chi connectivity index (χ0v) is 7.79. The van der Waals surface area contributed by atoms with Crippen LogP contribution < -0.4 is 5.73 Å². The lowest BCUT2D eigenvalue weighted by Crippen LogP contribution is -2.15. The third-order valence-corrected chi connectivity index (χ3v) is 2.02. The largest absolute Gasteiger partial charge is 0.419 e. The van der Waals surface area contributed by atoms with E-state index in [1.807, 2.05) is 0 Å². The Labute approximate surface area is 86.6 Å². The third-order valence-electron chi connectivity index (χ3n) is 1.65. The summed E-state index contributed by atoms with van der Waals surface area (Å²) in [4.78, 5) is 10.6. The number of primary amides is 1. The Morgan fingerprint density at radius 1 is 1.33 bits per heavy atom. The van der Waals surface area contributed by atoms with Crippen LogP contribution in [0.3, 0.4) is 0 Å². The van der Waals surface area contributed by atoms with Crippen molar-refractivity contribution in [2.45, 2.75) is 6.18 Å². The van der Waals surface area contributed by atoms with Gasteiger partial charge in [0.2, 0.25) is 5.91 Å². The standard InChI is InChI=1S/C8H4ClF4NO/c9-5-3(7(14)15)1-2-4(6(5)10)8(11,12)13/h1-2H,(H2,14,15). The monoisotopic (exact) mass is 241 g/mol. The van der Waals surface area contributed by atoms with Crippen LogP contribution >= 0.6 is 11.6 Å². The van der Waals surface area contributed by atoms with Gasteiger partial charge in [0.25, 0.3) is 0 Å². The van der Waals surface area contributed by atoms with Crippen LogP contribution in [0.15, 0.2) is 12.1 Å². The number of carbonyl (C=O) groups excluding carboxylic acids is 1. The van der Waals surface area contributed by atoms with Gasteiger partial charge < -0.3 is 5.73 Å². The minimum absolute atomic E-state index is 0.418. The van der Waals surface area contributed by atoms with Gasteiger partial charge in [0.05, 0.1) is 16.1 Å². The number of carbonyl (C=O) groups is 1. The molecular formula is C8H4ClF4NO. The van der Waals surface area contributed by atoms with Gasteiger partial charge in [-0.2, -0.15) is 13.2 Å². The fourth-order valence-corrected chi connectivity index (χ4v) is 1.22. The molecule has 0 spiro atoms. The van der Waals surface area contributed by atoms with E-state index in [2.05, 4.69) is 0 Å². The molecule has 2 N–H and O–H groups in total. The lowest BCUT2D eigenvalue weighted by Gasteiger charge is -2.10. The van der Waals surface area contributed by atoms with Crippen LogP contribution in [0.25, 0.3) is 0 Å². The molecule has 0 heterocycles. The van der Waals surface area contributed by atoms with Crippen molar-refractivity contribution in [3.63, 3.8) is 0 Å². The van der Waals surface area contributed by atoms with Gasteiger partial charge in [-0.1, -0.05) is 11.6 Å². The van der Waals surface area contributed by atoms with E-state index in [1.165, 1.54) is 0 Å². The first-order valence-corrected chi connectivity index (χ1v) is 3.98. The van der Waals surface area contributed by atoms with Gasteiger partial charge in [0, 0.05) is 0 Å². The summed E-state index contributed by atoms with van der Waals surface area (Å²) in [6.07, 6.45) is -4.86. The number of nitrogens with two attached hydrogens (primary N) is 1. The predicted octanol–water partition coefficient (Wildman–Crippen LogP) is 2.60. The van der Waals surface area contributed by atoms with Crippen LogP contribution in [-0.2, 0) is 6.18 Å². The second kappa shape index (κ2) is 3.69. The zero-order chi connectivity index (χ0) is 11.8. The van der Waals surface area contributed by atoms with Crippen molar-refractivity contribution in [2.75, 3.05) is 0 Å². The lowest BCUT2D eigenvalue weighted by molar-refractivity contribution is -0.140. The van der Waals surface area contributed by atoms with Crippen LogP contribution in [0.1, 0.15) is 15.9 Å². The highest BCUT2D eigenvalue weighted by atomic mass is 35.5. The molecule has 1 amide bonds. The van der Waals surface area contributed by atoms with Crippen LogP contribution in [0.2, 0.25) is 5.02 Å². The molecule has 0 saturated carbocycles. The van der Waals surface area contributed by atoms with Gasteiger partial charge in [-0.3, -0.25) is 4.79 Å². The van der Waals surface area contributed by atoms with Crippen LogP contribution in [0.5, 0.6) is 0 Å². The molecule has 2 nitrogen and oxygen atoms in total. The molecule has 1 rings (SSSR count). The normalized spacial score (nSPS) is 11.5. The van der Waals surface area contributed by atoms with Gasteiger partial charge in [0.15, 0.2) is 5.82 Å². The van der Waals surface area contributed by atoms with Crippen LogP contribution in [0, 0.1) is 5.82 Å². The first-order valence-electron chi connectivity index (χ1n) is 3.60. The van der Waals surface area contributed by atoms with E-state index >= 15 is 0 Å². The molecule has 0 bridgehead atoms. The number of hydrogen-bond acceptors (Lipinski definition) is 1. The molecule has 0 fully saturated rings. The summed E-state index contributed by atoms with van der Waals surface area (Å²) < 4.78 is 49.5. The van der Waals surface area contributed by atoms with Gasteiger partial charge in [-0.15, -0.1) is 0 Å². The lowest BCUT2D eigenvalue weighted by atomic mass is 10.1. The SMILES string of the molecule is NC(=O)c1ccc(C(F)(F)F)c(F)c1Cl. The summed E-state index contributed by atoms with van der Waals surface area (Å²) in [6.45, 7) is 0. The van der Waals surface area contributed by atoms with E-state index < -0.39 is 34.1 Å². The smallest absolute Gasteiger partial charge is 0.366 e. The second-order valence-electron chi connectivity index (χ2n) is 2.65. The number of hydrogen-bond donors (Lipinski definition) is 1. The number of halogens is 5. The van der Waals surface area contributed by atoms with Gasteiger partial charge in [-0.25, -0.2) is 4.39 Å². The van der Waals surface area contributed by atoms with E-state index in [1.54, 1.807) is 0 Å². The first kappa shape index (κ1) is 11.8. The highest BCUT2D eigenvalue weighted by molar-refractivity contribution is 6.34. The van der Waals surface area contributed by atoms with Gasteiger partial charge in [0.1, 0.15) is 0 Å². The Morgan fingerprint density at radius 2 is 1.87 bits per heavy atom. The highest BCUT2D eigenvalue weighted by Gasteiger charge is 2.35. The summed E-state index contributed by atoms with van der Waals surface area (Å²) in [5.41, 5.74) is 2.76. The molecule has 7 heteroatoms. The Morgan fingerprint density at radius 3 is 2.27 bits per heavy atom. The van der Waals surface area contributed by atoms with E-state index in [0.29, 0.717) is 6.07 Å². The molecular weight excluding hydrogens is 238 g/mol. The first-order chi connectivity index (χ1) is 6.75. The number of amides is 1. The van der Waals surface area contributed by atoms with Crippen molar-refractivity contribution in [3.8, 4) is 0 Å². The molecule has 0 aliphatic heterocycles. The average molecular weight is 242 g/mol. The highest BCUT2D eigenvalue weighted by Crippen LogP contribution is 2.35. The van der Waals surface area contributed by atoms with E-state index in [0.717, 1.165) is 6.07 Å². The van der Waals surface area contributed by atoms with Crippen molar-refractivity contribution in [1.29, 1.82) is 0 Å². The maximum absolute atomic E-state index is 13.1. The van der Waals surface area contributed by atoms with Crippen molar-refractivity contribution in [3.05, 3.63) is 34.1 Å². The molecule has 0 aliphatic carbocycles. The summed E-state index contributed by atoms with van der Waals surface area (Å²) in [5.74, 6) is -2.78. The number of rotatable bonds is 1. The summed E-state index contributed by atoms with van der Waals surface area (Å²) in [6, 6.07) is 1.15. The summed E-state index contributed by atoms with van der Waals surface area (Å²) in [5, 5.41) is -0.919. The molecule has 1 aromatic carbocycles. The Balaban J connectivity index is 3.41. The second-order valence-corrected chi connectivity index (χ2v) is 3.03. The molecule has 1 aromatic rings. The summed E-state index contributed by atoms with van der Waals surface area (Å²) in [7, 11) is 0. The third kappa shape index (κ3) is 2.20. The van der Waals surface area contributed by atoms with Gasteiger partial charge in [-0.05, 0) is 12.1 Å². The van der Waals surface area contributed by atoms with Crippen molar-refractivity contribution < 1.29 is 22.4 Å². The van der Waals surface area contributed by atoms with Gasteiger partial charge >= 0.3 is 6.18 Å². The van der Waals surface area contributed by atoms with E-state index in [4.69, 9.17) is 17.3 Å². The number of benzene rings is 1. The molecule has 0 aromatic heterocycles. The molecule has 0 saturated heterocycles. The maximum Gasteiger partial charge on any atom is 0.419 e. The van der Waals surface area contributed by atoms with Crippen molar-refractivity contribution in [1.82, 2.24) is 0 Å². The molecule has 0 unspecified atom stereocenters. The average Bonchev–Trinajstić information content (AvgIpc) is 2.06.